The Balaban J connectivity index is 2.21. The number of hydrogen-bond acceptors (Lipinski definition) is 3. The van der Waals surface area contributed by atoms with Gasteiger partial charge in [0.15, 0.2) is 5.82 Å². The molecule has 0 amide bonds. The van der Waals surface area contributed by atoms with Crippen molar-refractivity contribution in [2.45, 2.75) is 19.4 Å². The number of hydrogen-bond donors (Lipinski definition) is 2. The van der Waals surface area contributed by atoms with Crippen LogP contribution in [0.25, 0.3) is 11.4 Å². The van der Waals surface area contributed by atoms with Gasteiger partial charge in [-0.2, -0.15) is 5.10 Å². The fourth-order valence-corrected chi connectivity index (χ4v) is 1.55. The van der Waals surface area contributed by atoms with Crippen LogP contribution in [0, 0.1) is 0 Å². The van der Waals surface area contributed by atoms with E-state index in [1.165, 1.54) is 0 Å². The zero-order chi connectivity index (χ0) is 11.5. The summed E-state index contributed by atoms with van der Waals surface area (Å²) in [5.41, 5.74) is 6.63. The van der Waals surface area contributed by atoms with Gasteiger partial charge in [-0.1, -0.05) is 11.6 Å². The lowest BCUT2D eigenvalue weighted by Crippen LogP contribution is -2.18. The first-order chi connectivity index (χ1) is 7.65. The molecule has 0 spiro atoms. The molecule has 1 heterocycles. The van der Waals surface area contributed by atoms with Crippen LogP contribution < -0.4 is 5.73 Å². The Kier molecular flexibility index (Phi) is 3.22. The summed E-state index contributed by atoms with van der Waals surface area (Å²) >= 11 is 5.81. The molecule has 0 aliphatic carbocycles. The monoisotopic (exact) mass is 236 g/mol. The Morgan fingerprint density at radius 2 is 2.06 bits per heavy atom. The average Bonchev–Trinajstić information content (AvgIpc) is 2.66. The lowest BCUT2D eigenvalue weighted by Gasteiger charge is -1.98. The quantitative estimate of drug-likeness (QED) is 0.857. The molecule has 0 bridgehead atoms. The molecule has 2 rings (SSSR count). The van der Waals surface area contributed by atoms with Gasteiger partial charge in [0.1, 0.15) is 5.82 Å². The van der Waals surface area contributed by atoms with Crippen LogP contribution in [0.5, 0.6) is 0 Å². The Morgan fingerprint density at radius 3 is 2.69 bits per heavy atom. The van der Waals surface area contributed by atoms with E-state index in [4.69, 9.17) is 17.3 Å². The molecule has 3 N–H and O–H groups in total. The Bertz CT molecular complexity index is 461. The number of aromatic amines is 1. The highest BCUT2D eigenvalue weighted by Crippen LogP contribution is 2.17. The Hall–Kier alpha value is -1.39. The van der Waals surface area contributed by atoms with Crippen molar-refractivity contribution >= 4 is 11.6 Å². The summed E-state index contributed by atoms with van der Waals surface area (Å²) in [6.45, 7) is 1.94. The first-order valence-electron chi connectivity index (χ1n) is 5.08. The number of benzene rings is 1. The second kappa shape index (κ2) is 4.63. The van der Waals surface area contributed by atoms with Gasteiger partial charge in [-0.25, -0.2) is 4.98 Å². The van der Waals surface area contributed by atoms with E-state index < -0.39 is 0 Å². The van der Waals surface area contributed by atoms with Crippen LogP contribution >= 0.6 is 11.6 Å². The lowest BCUT2D eigenvalue weighted by atomic mass is 10.2. The third-order valence-electron chi connectivity index (χ3n) is 2.15. The molecule has 16 heavy (non-hydrogen) atoms. The van der Waals surface area contributed by atoms with Gasteiger partial charge >= 0.3 is 0 Å². The first kappa shape index (κ1) is 11.1. The molecule has 0 aliphatic heterocycles. The summed E-state index contributed by atoms with van der Waals surface area (Å²) in [7, 11) is 0. The van der Waals surface area contributed by atoms with Crippen molar-refractivity contribution in [2.24, 2.45) is 5.73 Å². The van der Waals surface area contributed by atoms with E-state index in [1.54, 1.807) is 0 Å². The maximum absolute atomic E-state index is 5.81. The van der Waals surface area contributed by atoms with E-state index in [2.05, 4.69) is 15.2 Å². The molecule has 0 fully saturated rings. The van der Waals surface area contributed by atoms with E-state index in [9.17, 15) is 0 Å². The SMILES string of the molecule is CC(N)Cc1nc(-c2ccc(Cl)cc2)n[nH]1. The van der Waals surface area contributed by atoms with Crippen molar-refractivity contribution < 1.29 is 0 Å². The van der Waals surface area contributed by atoms with E-state index in [1.807, 2.05) is 31.2 Å². The Morgan fingerprint density at radius 1 is 1.38 bits per heavy atom. The van der Waals surface area contributed by atoms with Gasteiger partial charge in [0.05, 0.1) is 0 Å². The second-order valence-corrected chi connectivity index (χ2v) is 4.23. The standard InChI is InChI=1S/C11H13ClN4/c1-7(13)6-10-14-11(16-15-10)8-2-4-9(12)5-3-8/h2-5,7H,6,13H2,1H3,(H,14,15,16). The second-order valence-electron chi connectivity index (χ2n) is 3.79. The fourth-order valence-electron chi connectivity index (χ4n) is 1.42. The van der Waals surface area contributed by atoms with Crippen molar-refractivity contribution in [2.75, 3.05) is 0 Å². The van der Waals surface area contributed by atoms with Crippen molar-refractivity contribution in [3.05, 3.63) is 35.1 Å². The van der Waals surface area contributed by atoms with Crippen molar-refractivity contribution in [3.8, 4) is 11.4 Å². The van der Waals surface area contributed by atoms with Gasteiger partial charge in [-0.05, 0) is 31.2 Å². The number of H-pyrrole nitrogens is 1. The molecule has 0 saturated heterocycles. The lowest BCUT2D eigenvalue weighted by molar-refractivity contribution is 0.705. The zero-order valence-corrected chi connectivity index (χ0v) is 9.70. The van der Waals surface area contributed by atoms with Crippen molar-refractivity contribution in [3.63, 3.8) is 0 Å². The zero-order valence-electron chi connectivity index (χ0n) is 8.94. The maximum atomic E-state index is 5.81. The number of rotatable bonds is 3. The number of aromatic nitrogens is 3. The molecule has 0 aliphatic rings. The number of nitrogens with two attached hydrogens (primary N) is 1. The summed E-state index contributed by atoms with van der Waals surface area (Å²) in [6.07, 6.45) is 0.695. The number of nitrogens with one attached hydrogen (secondary N) is 1. The van der Waals surface area contributed by atoms with Gasteiger partial charge in [0, 0.05) is 23.0 Å². The van der Waals surface area contributed by atoms with Gasteiger partial charge in [0.2, 0.25) is 0 Å². The largest absolute Gasteiger partial charge is 0.328 e. The summed E-state index contributed by atoms with van der Waals surface area (Å²) in [4.78, 5) is 4.36. The van der Waals surface area contributed by atoms with Crippen LogP contribution in [0.15, 0.2) is 24.3 Å². The summed E-state index contributed by atoms with van der Waals surface area (Å²) in [5, 5.41) is 7.71. The molecular formula is C11H13ClN4. The Labute approximate surface area is 98.8 Å². The molecule has 84 valence electrons. The van der Waals surface area contributed by atoms with Crippen molar-refractivity contribution in [1.29, 1.82) is 0 Å². The molecular weight excluding hydrogens is 224 g/mol. The first-order valence-corrected chi connectivity index (χ1v) is 5.46. The molecule has 4 nitrogen and oxygen atoms in total. The third kappa shape index (κ3) is 2.59. The van der Waals surface area contributed by atoms with Crippen LogP contribution in [0.1, 0.15) is 12.7 Å². The molecule has 1 aromatic heterocycles. The van der Waals surface area contributed by atoms with Crippen LogP contribution in [-0.2, 0) is 6.42 Å². The number of nitrogens with zero attached hydrogens (tertiary/aromatic N) is 2. The van der Waals surface area contributed by atoms with Gasteiger partial charge in [-0.15, -0.1) is 0 Å². The van der Waals surface area contributed by atoms with Crippen LogP contribution in [-0.4, -0.2) is 21.2 Å². The smallest absolute Gasteiger partial charge is 0.181 e. The highest BCUT2D eigenvalue weighted by Gasteiger charge is 2.07. The predicted molar refractivity (Wildman–Crippen MR) is 64.2 cm³/mol. The minimum Gasteiger partial charge on any atom is -0.328 e. The van der Waals surface area contributed by atoms with E-state index in [0.717, 1.165) is 11.4 Å². The molecule has 0 saturated carbocycles. The van der Waals surface area contributed by atoms with E-state index in [-0.39, 0.29) is 6.04 Å². The minimum atomic E-state index is 0.0750. The molecule has 5 heteroatoms. The van der Waals surface area contributed by atoms with Crippen LogP contribution in [0.4, 0.5) is 0 Å². The summed E-state index contributed by atoms with van der Waals surface area (Å²) < 4.78 is 0. The third-order valence-corrected chi connectivity index (χ3v) is 2.40. The molecule has 1 atom stereocenters. The molecule has 0 radical (unpaired) electrons. The van der Waals surface area contributed by atoms with Gasteiger partial charge in [-0.3, -0.25) is 5.10 Å². The highest BCUT2D eigenvalue weighted by molar-refractivity contribution is 6.30. The normalized spacial score (nSPS) is 12.7. The fraction of sp³-hybridized carbons (Fsp3) is 0.273. The van der Waals surface area contributed by atoms with Gasteiger partial charge < -0.3 is 5.73 Å². The van der Waals surface area contributed by atoms with Crippen LogP contribution in [0.2, 0.25) is 5.02 Å². The molecule has 1 unspecified atom stereocenters. The van der Waals surface area contributed by atoms with Crippen molar-refractivity contribution in [1.82, 2.24) is 15.2 Å². The topological polar surface area (TPSA) is 67.6 Å². The maximum Gasteiger partial charge on any atom is 0.181 e. The molecule has 2 aromatic rings. The van der Waals surface area contributed by atoms with Gasteiger partial charge in [0.25, 0.3) is 0 Å². The summed E-state index contributed by atoms with van der Waals surface area (Å²) in [5.74, 6) is 1.48. The predicted octanol–water partition coefficient (Wildman–Crippen LogP) is 2.01. The highest BCUT2D eigenvalue weighted by atomic mass is 35.5. The minimum absolute atomic E-state index is 0.0750. The molecule has 1 aromatic carbocycles. The summed E-state index contributed by atoms with van der Waals surface area (Å²) in [6, 6.07) is 7.49. The van der Waals surface area contributed by atoms with E-state index in [0.29, 0.717) is 17.3 Å². The number of halogens is 1. The van der Waals surface area contributed by atoms with E-state index >= 15 is 0 Å². The average molecular weight is 237 g/mol. The van der Waals surface area contributed by atoms with Crippen LogP contribution in [0.3, 0.4) is 0 Å².